The van der Waals surface area contributed by atoms with Crippen LogP contribution in [0.2, 0.25) is 0 Å². The van der Waals surface area contributed by atoms with Crippen molar-refractivity contribution in [2.45, 2.75) is 13.1 Å². The Bertz CT molecular complexity index is 1440. The third kappa shape index (κ3) is 8.11. The lowest BCUT2D eigenvalue weighted by atomic mass is 10.0. The van der Waals surface area contributed by atoms with Crippen LogP contribution in [0.3, 0.4) is 0 Å². The van der Waals surface area contributed by atoms with E-state index < -0.39 is 6.18 Å². The van der Waals surface area contributed by atoms with Crippen molar-refractivity contribution in [1.29, 1.82) is 0 Å². The molecule has 2 N–H and O–H groups in total. The molecule has 0 saturated carbocycles. The average molecular weight is 600 g/mol. The summed E-state index contributed by atoms with van der Waals surface area (Å²) in [6.07, 6.45) is 1.19. The molecule has 1 fully saturated rings. The van der Waals surface area contributed by atoms with E-state index in [9.17, 15) is 13.2 Å². The standard InChI is InChI=1S/C27H30FN7S.C3H3F3/c1-3-33(2)36-32-25-6-4-5-23(26(25)28)27-24(20-11-13-29-14-12-20)19-35(31-27)22-9-7-21(8-10-22)34-17-15-30-16-18-34;1-2-3(4,5)6/h4-14,19,30,32H,3,15-18H2,1-2H3;2H,1H2. The largest absolute Gasteiger partial charge is 0.409 e. The van der Waals surface area contributed by atoms with E-state index in [0.29, 0.717) is 16.9 Å². The Labute approximate surface area is 247 Å². The summed E-state index contributed by atoms with van der Waals surface area (Å²) in [6.45, 7) is 9.36. The minimum Gasteiger partial charge on any atom is -0.369 e. The maximum atomic E-state index is 15.7. The van der Waals surface area contributed by atoms with Gasteiger partial charge < -0.3 is 14.9 Å². The highest BCUT2D eigenvalue weighted by Gasteiger charge is 2.21. The number of piperazine rings is 1. The molecule has 2 aromatic heterocycles. The molecule has 0 unspecified atom stereocenters. The number of rotatable bonds is 8. The summed E-state index contributed by atoms with van der Waals surface area (Å²) >= 11 is 1.36. The van der Waals surface area contributed by atoms with Crippen molar-refractivity contribution in [2.24, 2.45) is 0 Å². The van der Waals surface area contributed by atoms with Gasteiger partial charge in [0.15, 0.2) is 5.82 Å². The molecular weight excluding hydrogens is 566 g/mol. The number of halogens is 4. The lowest BCUT2D eigenvalue weighted by Crippen LogP contribution is -2.43. The Morgan fingerprint density at radius 3 is 2.29 bits per heavy atom. The van der Waals surface area contributed by atoms with E-state index >= 15 is 4.39 Å². The van der Waals surface area contributed by atoms with Crippen LogP contribution in [-0.2, 0) is 0 Å². The van der Waals surface area contributed by atoms with E-state index in [1.165, 1.54) is 17.8 Å². The maximum absolute atomic E-state index is 15.7. The third-order valence-electron chi connectivity index (χ3n) is 6.54. The quantitative estimate of drug-likeness (QED) is 0.131. The summed E-state index contributed by atoms with van der Waals surface area (Å²) in [6, 6.07) is 17.6. The Hall–Kier alpha value is -3.87. The number of nitrogens with one attached hydrogen (secondary N) is 2. The van der Waals surface area contributed by atoms with Gasteiger partial charge in [0.05, 0.1) is 11.4 Å². The van der Waals surface area contributed by atoms with Crippen LogP contribution in [0.5, 0.6) is 0 Å². The third-order valence-corrected chi connectivity index (χ3v) is 7.43. The number of alkyl halides is 3. The van der Waals surface area contributed by atoms with Gasteiger partial charge in [-0.15, -0.1) is 0 Å². The maximum Gasteiger partial charge on any atom is 0.409 e. The highest BCUT2D eigenvalue weighted by Crippen LogP contribution is 2.36. The van der Waals surface area contributed by atoms with Gasteiger partial charge in [0.25, 0.3) is 0 Å². The lowest BCUT2D eigenvalue weighted by molar-refractivity contribution is -0.0795. The molecule has 1 saturated heterocycles. The Kier molecular flexibility index (Phi) is 10.6. The van der Waals surface area contributed by atoms with Crippen LogP contribution < -0.4 is 14.9 Å². The Balaban J connectivity index is 0.000000612. The van der Waals surface area contributed by atoms with Crippen LogP contribution >= 0.6 is 12.1 Å². The number of pyridine rings is 1. The molecule has 0 atom stereocenters. The first-order valence-corrected chi connectivity index (χ1v) is 14.2. The summed E-state index contributed by atoms with van der Waals surface area (Å²) in [5.74, 6) is -0.330. The summed E-state index contributed by atoms with van der Waals surface area (Å²) in [7, 11) is 1.95. The summed E-state index contributed by atoms with van der Waals surface area (Å²) in [5, 5.41) is 8.26. The molecule has 1 aliphatic heterocycles. The predicted octanol–water partition coefficient (Wildman–Crippen LogP) is 6.81. The smallest absolute Gasteiger partial charge is 0.369 e. The number of hydrogen-bond acceptors (Lipinski definition) is 7. The van der Waals surface area contributed by atoms with Crippen molar-refractivity contribution in [3.8, 4) is 28.1 Å². The van der Waals surface area contributed by atoms with Crippen LogP contribution in [0.15, 0.2) is 85.8 Å². The van der Waals surface area contributed by atoms with E-state index in [2.05, 4.69) is 50.8 Å². The topological polar surface area (TPSA) is 61.3 Å². The van der Waals surface area contributed by atoms with E-state index in [-0.39, 0.29) is 11.9 Å². The van der Waals surface area contributed by atoms with Crippen LogP contribution in [0.25, 0.3) is 28.1 Å². The minimum absolute atomic E-state index is 0.0625. The summed E-state index contributed by atoms with van der Waals surface area (Å²) in [5.41, 5.74) is 5.35. The highest BCUT2D eigenvalue weighted by atomic mass is 32.2. The van der Waals surface area contributed by atoms with Gasteiger partial charge in [0.1, 0.15) is 5.69 Å². The van der Waals surface area contributed by atoms with Gasteiger partial charge in [-0.25, -0.2) is 13.4 Å². The number of hydrogen-bond donors (Lipinski definition) is 2. The molecular formula is C30H33F4N7S. The molecule has 0 aliphatic carbocycles. The molecule has 12 heteroatoms. The van der Waals surface area contributed by atoms with Crippen molar-refractivity contribution in [1.82, 2.24) is 24.4 Å². The second kappa shape index (κ2) is 14.3. The van der Waals surface area contributed by atoms with Crippen molar-refractivity contribution in [3.63, 3.8) is 0 Å². The van der Waals surface area contributed by atoms with E-state index in [1.54, 1.807) is 24.5 Å². The first-order chi connectivity index (χ1) is 20.2. The molecule has 42 heavy (non-hydrogen) atoms. The Morgan fingerprint density at radius 1 is 1.02 bits per heavy atom. The number of anilines is 2. The fourth-order valence-electron chi connectivity index (χ4n) is 4.17. The Morgan fingerprint density at radius 2 is 1.67 bits per heavy atom. The molecule has 0 amide bonds. The second-order valence-electron chi connectivity index (χ2n) is 9.38. The fraction of sp³-hybridized carbons (Fsp3) is 0.267. The van der Waals surface area contributed by atoms with Crippen LogP contribution in [0, 0.1) is 5.82 Å². The van der Waals surface area contributed by atoms with Gasteiger partial charge in [0.2, 0.25) is 0 Å². The van der Waals surface area contributed by atoms with E-state index in [4.69, 9.17) is 5.10 Å². The molecule has 222 valence electrons. The fourth-order valence-corrected chi connectivity index (χ4v) is 4.71. The normalized spacial score (nSPS) is 13.5. The molecule has 3 heterocycles. The molecule has 0 bridgehead atoms. The zero-order valence-electron chi connectivity index (χ0n) is 23.4. The lowest BCUT2D eigenvalue weighted by Gasteiger charge is -2.29. The van der Waals surface area contributed by atoms with E-state index in [1.807, 2.05) is 47.4 Å². The molecule has 0 spiro atoms. The zero-order chi connectivity index (χ0) is 30.1. The number of aromatic nitrogens is 3. The van der Waals surface area contributed by atoms with Crippen molar-refractivity contribution >= 4 is 23.5 Å². The first kappa shape index (κ1) is 31.1. The van der Waals surface area contributed by atoms with Gasteiger partial charge in [-0.1, -0.05) is 19.6 Å². The number of allylic oxidation sites excluding steroid dienone is 1. The number of benzene rings is 2. The minimum atomic E-state index is -4.19. The van der Waals surface area contributed by atoms with Crippen LogP contribution in [-0.4, -0.2) is 65.0 Å². The summed E-state index contributed by atoms with van der Waals surface area (Å²) < 4.78 is 54.7. The van der Waals surface area contributed by atoms with Gasteiger partial charge in [-0.3, -0.25) is 4.98 Å². The van der Waals surface area contributed by atoms with Crippen molar-refractivity contribution < 1.29 is 17.6 Å². The van der Waals surface area contributed by atoms with Gasteiger partial charge >= 0.3 is 6.18 Å². The van der Waals surface area contributed by atoms with Gasteiger partial charge in [0, 0.05) is 86.3 Å². The second-order valence-corrected chi connectivity index (χ2v) is 10.4. The van der Waals surface area contributed by atoms with Crippen LogP contribution in [0.1, 0.15) is 6.92 Å². The molecule has 4 aromatic rings. The molecule has 5 rings (SSSR count). The zero-order valence-corrected chi connectivity index (χ0v) is 24.2. The predicted molar refractivity (Wildman–Crippen MR) is 163 cm³/mol. The van der Waals surface area contributed by atoms with Crippen LogP contribution in [0.4, 0.5) is 28.9 Å². The highest BCUT2D eigenvalue weighted by molar-refractivity contribution is 7.98. The molecule has 7 nitrogen and oxygen atoms in total. The summed E-state index contributed by atoms with van der Waals surface area (Å²) in [4.78, 5) is 6.52. The van der Waals surface area contributed by atoms with Crippen molar-refractivity contribution in [2.75, 3.05) is 49.4 Å². The molecule has 1 aliphatic rings. The van der Waals surface area contributed by atoms with Gasteiger partial charge in [-0.05, 0) is 61.1 Å². The monoisotopic (exact) mass is 599 g/mol. The van der Waals surface area contributed by atoms with E-state index in [0.717, 1.165) is 49.5 Å². The molecule has 2 aromatic carbocycles. The average Bonchev–Trinajstić information content (AvgIpc) is 3.46. The van der Waals surface area contributed by atoms with Crippen molar-refractivity contribution in [3.05, 3.63) is 91.7 Å². The van der Waals surface area contributed by atoms with Gasteiger partial charge in [-0.2, -0.15) is 18.3 Å². The SMILES string of the molecule is C=CC(F)(F)F.CCN(C)SNc1cccc(-c2nn(-c3ccc(N4CCNCC4)cc3)cc2-c2ccncc2)c1F. The molecule has 0 radical (unpaired) electrons. The number of nitrogens with zero attached hydrogens (tertiary/aromatic N) is 5. The first-order valence-electron chi connectivity index (χ1n) is 13.4.